The number of nitrogens with zero attached hydrogens (tertiary/aromatic N) is 3. The van der Waals surface area contributed by atoms with Gasteiger partial charge in [-0.05, 0) is 18.7 Å². The van der Waals surface area contributed by atoms with E-state index < -0.39 is 0 Å². The van der Waals surface area contributed by atoms with Crippen molar-refractivity contribution in [2.75, 3.05) is 24.6 Å². The molecule has 0 aliphatic carbocycles. The third-order valence-corrected chi connectivity index (χ3v) is 4.18. The molecule has 0 bridgehead atoms. The fraction of sp³-hybridized carbons (Fsp3) is 0.375. The van der Waals surface area contributed by atoms with Crippen LogP contribution in [0.5, 0.6) is 0 Å². The van der Waals surface area contributed by atoms with Gasteiger partial charge in [-0.25, -0.2) is 4.98 Å². The van der Waals surface area contributed by atoms with Crippen LogP contribution in [0.15, 0.2) is 35.7 Å². The van der Waals surface area contributed by atoms with Crippen LogP contribution in [0.4, 0.5) is 10.8 Å². The molecular weight excluding hydrogens is 298 g/mol. The van der Waals surface area contributed by atoms with Gasteiger partial charge in [-0.3, -0.25) is 14.6 Å². The molecule has 1 N–H and O–H groups in total. The van der Waals surface area contributed by atoms with E-state index >= 15 is 0 Å². The van der Waals surface area contributed by atoms with E-state index in [0.717, 1.165) is 17.9 Å². The first kappa shape index (κ1) is 16.6. The second-order valence-corrected chi connectivity index (χ2v) is 5.74. The number of benzene rings is 1. The van der Waals surface area contributed by atoms with Crippen molar-refractivity contribution in [2.24, 2.45) is 0 Å². The molecule has 0 saturated carbocycles. The fourth-order valence-corrected chi connectivity index (χ4v) is 3.07. The predicted molar refractivity (Wildman–Crippen MR) is 89.4 cm³/mol. The SMILES string of the molecule is CCN(CCO)Cc1csc(N(C(C)=O)c2ccccc2)n1. The Kier molecular flexibility index (Phi) is 6.06. The van der Waals surface area contributed by atoms with E-state index in [1.807, 2.05) is 35.7 Å². The minimum Gasteiger partial charge on any atom is -0.395 e. The van der Waals surface area contributed by atoms with E-state index in [1.165, 1.54) is 18.3 Å². The number of rotatable bonds is 7. The lowest BCUT2D eigenvalue weighted by atomic mass is 10.3. The molecule has 0 unspecified atom stereocenters. The fourth-order valence-electron chi connectivity index (χ4n) is 2.20. The molecule has 2 rings (SSSR count). The molecule has 2 aromatic rings. The number of aliphatic hydroxyl groups is 1. The second-order valence-electron chi connectivity index (χ2n) is 4.90. The molecular formula is C16H21N3O2S. The van der Waals surface area contributed by atoms with Crippen molar-refractivity contribution < 1.29 is 9.90 Å². The van der Waals surface area contributed by atoms with Crippen molar-refractivity contribution in [3.63, 3.8) is 0 Å². The van der Waals surface area contributed by atoms with Gasteiger partial charge in [0.1, 0.15) is 0 Å². The van der Waals surface area contributed by atoms with Crippen LogP contribution in [0.1, 0.15) is 19.5 Å². The Morgan fingerprint density at radius 1 is 1.32 bits per heavy atom. The van der Waals surface area contributed by atoms with Crippen LogP contribution in [0.3, 0.4) is 0 Å². The number of carbonyl (C=O) groups excluding carboxylic acids is 1. The highest BCUT2D eigenvalue weighted by Gasteiger charge is 2.18. The van der Waals surface area contributed by atoms with Gasteiger partial charge in [0.05, 0.1) is 18.0 Å². The molecule has 0 aliphatic heterocycles. The smallest absolute Gasteiger partial charge is 0.230 e. The molecule has 0 spiro atoms. The number of aliphatic hydroxyl groups excluding tert-OH is 1. The van der Waals surface area contributed by atoms with Crippen molar-refractivity contribution in [1.82, 2.24) is 9.88 Å². The number of aromatic nitrogens is 1. The summed E-state index contributed by atoms with van der Waals surface area (Å²) in [6, 6.07) is 9.52. The summed E-state index contributed by atoms with van der Waals surface area (Å²) in [4.78, 5) is 20.3. The van der Waals surface area contributed by atoms with Gasteiger partial charge in [0.25, 0.3) is 0 Å². The van der Waals surface area contributed by atoms with Crippen molar-refractivity contribution in [3.8, 4) is 0 Å². The van der Waals surface area contributed by atoms with Crippen molar-refractivity contribution in [3.05, 3.63) is 41.4 Å². The van der Waals surface area contributed by atoms with E-state index in [0.29, 0.717) is 18.2 Å². The van der Waals surface area contributed by atoms with Gasteiger partial charge < -0.3 is 5.11 Å². The van der Waals surface area contributed by atoms with Crippen LogP contribution in [-0.4, -0.2) is 40.6 Å². The molecule has 0 atom stereocenters. The molecule has 1 amide bonds. The number of amides is 1. The Hall–Kier alpha value is -1.76. The minimum atomic E-state index is -0.0604. The van der Waals surface area contributed by atoms with Gasteiger partial charge in [-0.15, -0.1) is 11.3 Å². The van der Waals surface area contributed by atoms with Crippen LogP contribution in [-0.2, 0) is 11.3 Å². The number of carbonyl (C=O) groups is 1. The van der Waals surface area contributed by atoms with Gasteiger partial charge in [0.15, 0.2) is 5.13 Å². The molecule has 5 nitrogen and oxygen atoms in total. The van der Waals surface area contributed by atoms with Gasteiger partial charge in [0, 0.05) is 25.4 Å². The summed E-state index contributed by atoms with van der Waals surface area (Å²) in [7, 11) is 0. The first-order valence-corrected chi connectivity index (χ1v) is 8.17. The quantitative estimate of drug-likeness (QED) is 0.852. The van der Waals surface area contributed by atoms with E-state index in [9.17, 15) is 4.79 Å². The van der Waals surface area contributed by atoms with Crippen LogP contribution in [0.25, 0.3) is 0 Å². The van der Waals surface area contributed by atoms with Gasteiger partial charge >= 0.3 is 0 Å². The average molecular weight is 319 g/mol. The number of hydrogen-bond donors (Lipinski definition) is 1. The Bertz CT molecular complexity index is 600. The highest BCUT2D eigenvalue weighted by atomic mass is 32.1. The number of para-hydroxylation sites is 1. The third-order valence-electron chi connectivity index (χ3n) is 3.31. The normalized spacial score (nSPS) is 10.9. The molecule has 0 radical (unpaired) electrons. The highest BCUT2D eigenvalue weighted by Crippen LogP contribution is 2.28. The zero-order valence-electron chi connectivity index (χ0n) is 12.9. The van der Waals surface area contributed by atoms with Crippen molar-refractivity contribution in [2.45, 2.75) is 20.4 Å². The second kappa shape index (κ2) is 8.03. The predicted octanol–water partition coefficient (Wildman–Crippen LogP) is 2.64. The topological polar surface area (TPSA) is 56.7 Å². The van der Waals surface area contributed by atoms with Crippen molar-refractivity contribution in [1.29, 1.82) is 0 Å². The average Bonchev–Trinajstić information content (AvgIpc) is 2.95. The largest absolute Gasteiger partial charge is 0.395 e. The third kappa shape index (κ3) is 4.13. The first-order chi connectivity index (χ1) is 10.7. The highest BCUT2D eigenvalue weighted by molar-refractivity contribution is 7.14. The molecule has 0 aliphatic rings. The first-order valence-electron chi connectivity index (χ1n) is 7.29. The van der Waals surface area contributed by atoms with E-state index in [4.69, 9.17) is 5.11 Å². The maximum absolute atomic E-state index is 12.0. The molecule has 0 saturated heterocycles. The molecule has 0 fully saturated rings. The van der Waals surface area contributed by atoms with Crippen LogP contribution < -0.4 is 4.90 Å². The zero-order valence-corrected chi connectivity index (χ0v) is 13.7. The summed E-state index contributed by atoms with van der Waals surface area (Å²) in [5.41, 5.74) is 1.73. The zero-order chi connectivity index (χ0) is 15.9. The molecule has 6 heteroatoms. The van der Waals surface area contributed by atoms with E-state index in [2.05, 4.69) is 16.8 Å². The lowest BCUT2D eigenvalue weighted by Crippen LogP contribution is -2.26. The van der Waals surface area contributed by atoms with Crippen molar-refractivity contribution >= 4 is 28.1 Å². The number of hydrogen-bond acceptors (Lipinski definition) is 5. The maximum atomic E-state index is 12.0. The molecule has 1 aromatic carbocycles. The summed E-state index contributed by atoms with van der Waals surface area (Å²) in [5, 5.41) is 11.7. The molecule has 1 heterocycles. The monoisotopic (exact) mass is 319 g/mol. The van der Waals surface area contributed by atoms with Crippen LogP contribution in [0.2, 0.25) is 0 Å². The Morgan fingerprint density at radius 3 is 2.64 bits per heavy atom. The molecule has 1 aromatic heterocycles. The number of anilines is 2. The van der Waals surface area contributed by atoms with E-state index in [1.54, 1.807) is 4.90 Å². The summed E-state index contributed by atoms with van der Waals surface area (Å²) < 4.78 is 0. The Balaban J connectivity index is 2.19. The van der Waals surface area contributed by atoms with Gasteiger partial charge in [0.2, 0.25) is 5.91 Å². The molecule has 22 heavy (non-hydrogen) atoms. The Morgan fingerprint density at radius 2 is 2.05 bits per heavy atom. The standard InChI is InChI=1S/C16H21N3O2S/c1-3-18(9-10-20)11-14-12-22-16(17-14)19(13(2)21)15-7-5-4-6-8-15/h4-8,12,20H,3,9-11H2,1-2H3. The Labute approximate surface area is 134 Å². The molecule has 118 valence electrons. The summed E-state index contributed by atoms with van der Waals surface area (Å²) >= 11 is 1.46. The van der Waals surface area contributed by atoms with Gasteiger partial charge in [-0.2, -0.15) is 0 Å². The lowest BCUT2D eigenvalue weighted by Gasteiger charge is -2.19. The van der Waals surface area contributed by atoms with Gasteiger partial charge in [-0.1, -0.05) is 25.1 Å². The lowest BCUT2D eigenvalue weighted by molar-refractivity contribution is -0.115. The summed E-state index contributed by atoms with van der Waals surface area (Å²) in [6.45, 7) is 5.87. The summed E-state index contributed by atoms with van der Waals surface area (Å²) in [5.74, 6) is -0.0604. The minimum absolute atomic E-state index is 0.0604. The van der Waals surface area contributed by atoms with Crippen LogP contribution >= 0.6 is 11.3 Å². The van der Waals surface area contributed by atoms with Crippen LogP contribution in [0, 0.1) is 0 Å². The number of likely N-dealkylation sites (N-methyl/N-ethyl adjacent to an activating group) is 1. The summed E-state index contributed by atoms with van der Waals surface area (Å²) in [6.07, 6.45) is 0. The maximum Gasteiger partial charge on any atom is 0.230 e. The van der Waals surface area contributed by atoms with E-state index in [-0.39, 0.29) is 12.5 Å². The number of thiazole rings is 1.